The number of piperidine rings is 1. The molecule has 0 saturated carbocycles. The Morgan fingerprint density at radius 3 is 2.48 bits per heavy atom. The number of nitrogens with one attached hydrogen (secondary N) is 2. The number of amides is 1. The molecule has 2 fully saturated rings. The number of thioether (sulfide) groups is 1. The van der Waals surface area contributed by atoms with Crippen LogP contribution in [0.4, 0.5) is 17.2 Å². The van der Waals surface area contributed by atoms with Crippen LogP contribution in [0.2, 0.25) is 0 Å². The van der Waals surface area contributed by atoms with E-state index in [0.29, 0.717) is 11.2 Å². The van der Waals surface area contributed by atoms with E-state index in [4.69, 9.17) is 5.73 Å². The second kappa shape index (κ2) is 10.1. The monoisotopic (exact) mass is 471 g/mol. The predicted molar refractivity (Wildman–Crippen MR) is 134 cm³/mol. The van der Waals surface area contributed by atoms with Crippen LogP contribution < -0.4 is 21.5 Å². The van der Waals surface area contributed by atoms with Crippen LogP contribution in [0.5, 0.6) is 0 Å². The number of H-pyrrole nitrogens is 1. The number of aryl methyl sites for hydroxylation is 1. The molecule has 1 aromatic carbocycles. The number of carbonyl (C=O) groups excluding carboxylic acids is 1. The first-order valence-corrected chi connectivity index (χ1v) is 12.6. The number of anilines is 3. The average molecular weight is 472 g/mol. The Hall–Kier alpha value is -2.56. The van der Waals surface area contributed by atoms with Gasteiger partial charge < -0.3 is 25.8 Å². The number of carbonyl (C=O) groups is 1. The summed E-state index contributed by atoms with van der Waals surface area (Å²) in [5.41, 5.74) is 7.83. The second-order valence-corrected chi connectivity index (χ2v) is 9.64. The average Bonchev–Trinajstić information content (AvgIpc) is 2.79. The van der Waals surface area contributed by atoms with Crippen molar-refractivity contribution in [1.29, 1.82) is 0 Å². The third-order valence-electron chi connectivity index (χ3n) is 6.66. The highest BCUT2D eigenvalue weighted by atomic mass is 32.2. The summed E-state index contributed by atoms with van der Waals surface area (Å²) in [5.74, 6) is -0.633. The van der Waals surface area contributed by atoms with Crippen LogP contribution in [-0.2, 0) is 0 Å². The summed E-state index contributed by atoms with van der Waals surface area (Å²) in [6.07, 6.45) is 4.16. The molecule has 0 bridgehead atoms. The summed E-state index contributed by atoms with van der Waals surface area (Å²) >= 11 is 1.29. The molecule has 4 N–H and O–H groups in total. The molecule has 0 unspecified atom stereocenters. The van der Waals surface area contributed by atoms with Crippen molar-refractivity contribution in [3.05, 3.63) is 39.7 Å². The molecule has 2 aliphatic rings. The molecular weight excluding hydrogens is 438 g/mol. The van der Waals surface area contributed by atoms with E-state index < -0.39 is 11.5 Å². The van der Waals surface area contributed by atoms with Crippen molar-refractivity contribution in [3.63, 3.8) is 0 Å². The maximum atomic E-state index is 12.3. The van der Waals surface area contributed by atoms with Gasteiger partial charge in [0.2, 0.25) is 0 Å². The van der Waals surface area contributed by atoms with Crippen molar-refractivity contribution < 1.29 is 4.79 Å². The summed E-state index contributed by atoms with van der Waals surface area (Å²) in [6.45, 7) is 8.83. The molecule has 4 rings (SSSR count). The van der Waals surface area contributed by atoms with Gasteiger partial charge in [0.05, 0.1) is 0 Å². The van der Waals surface area contributed by atoms with Crippen LogP contribution in [0, 0.1) is 6.92 Å². The zero-order valence-electron chi connectivity index (χ0n) is 19.6. The van der Waals surface area contributed by atoms with Crippen LogP contribution in [0.1, 0.15) is 28.8 Å². The lowest BCUT2D eigenvalue weighted by Gasteiger charge is -2.43. The Bertz CT molecular complexity index is 1060. The number of benzene rings is 1. The summed E-state index contributed by atoms with van der Waals surface area (Å²) in [5, 5.41) is 3.54. The first-order chi connectivity index (χ1) is 15.9. The van der Waals surface area contributed by atoms with Crippen LogP contribution in [0.25, 0.3) is 0 Å². The number of hydrogen-bond acceptors (Lipinski definition) is 8. The lowest BCUT2D eigenvalue weighted by Crippen LogP contribution is -2.52. The first-order valence-electron chi connectivity index (χ1n) is 11.4. The number of nitrogens with two attached hydrogens (primary N) is 1. The molecule has 0 atom stereocenters. The van der Waals surface area contributed by atoms with E-state index in [1.807, 2.05) is 12.1 Å². The molecule has 3 heterocycles. The third kappa shape index (κ3) is 5.34. The molecule has 33 heavy (non-hydrogen) atoms. The van der Waals surface area contributed by atoms with Gasteiger partial charge in [-0.1, -0.05) is 11.8 Å². The summed E-state index contributed by atoms with van der Waals surface area (Å²) in [4.78, 5) is 38.5. The Balaban J connectivity index is 1.45. The van der Waals surface area contributed by atoms with Gasteiger partial charge in [-0.2, -0.15) is 0 Å². The molecule has 2 aromatic rings. The molecule has 178 valence electrons. The SMILES string of the molecule is CSc1nc(Nc2ccc(N3CCC(N4CCN(C)CC4)CC3)c(C)c2)c(C(N)=O)c(=O)[nH]1. The minimum Gasteiger partial charge on any atom is -0.371 e. The summed E-state index contributed by atoms with van der Waals surface area (Å²) < 4.78 is 0. The third-order valence-corrected chi connectivity index (χ3v) is 7.24. The highest BCUT2D eigenvalue weighted by molar-refractivity contribution is 7.98. The number of rotatable bonds is 6. The van der Waals surface area contributed by atoms with E-state index in [0.717, 1.165) is 37.4 Å². The first kappa shape index (κ1) is 23.6. The highest BCUT2D eigenvalue weighted by Gasteiger charge is 2.27. The molecule has 0 aliphatic carbocycles. The van der Waals surface area contributed by atoms with Crippen molar-refractivity contribution in [2.24, 2.45) is 5.73 Å². The van der Waals surface area contributed by atoms with Gasteiger partial charge in [0.15, 0.2) is 11.0 Å². The van der Waals surface area contributed by atoms with E-state index in [2.05, 4.69) is 50.0 Å². The minimum absolute atomic E-state index is 0.166. The fraction of sp³-hybridized carbons (Fsp3) is 0.522. The fourth-order valence-electron chi connectivity index (χ4n) is 4.75. The van der Waals surface area contributed by atoms with Crippen LogP contribution in [-0.4, -0.2) is 84.3 Å². The number of piperazine rings is 1. The van der Waals surface area contributed by atoms with Crippen LogP contribution in [0.3, 0.4) is 0 Å². The molecular formula is C23H33N7O2S. The van der Waals surface area contributed by atoms with Crippen LogP contribution >= 0.6 is 11.8 Å². The molecule has 0 radical (unpaired) electrons. The van der Waals surface area contributed by atoms with Gasteiger partial charge in [0, 0.05) is 56.7 Å². The predicted octanol–water partition coefficient (Wildman–Crippen LogP) is 1.86. The molecule has 2 aliphatic heterocycles. The number of nitrogens with zero attached hydrogens (tertiary/aromatic N) is 4. The molecule has 0 spiro atoms. The quantitative estimate of drug-likeness (QED) is 0.433. The number of primary amides is 1. The van der Waals surface area contributed by atoms with Crippen molar-refractivity contribution in [1.82, 2.24) is 19.8 Å². The fourth-order valence-corrected chi connectivity index (χ4v) is 5.13. The van der Waals surface area contributed by atoms with Gasteiger partial charge in [0.1, 0.15) is 5.56 Å². The largest absolute Gasteiger partial charge is 0.371 e. The van der Waals surface area contributed by atoms with Crippen molar-refractivity contribution >= 4 is 34.9 Å². The van der Waals surface area contributed by atoms with Gasteiger partial charge in [-0.15, -0.1) is 0 Å². The standard InChI is InChI=1S/C23H33N7O2S/c1-15-14-16(25-21-19(20(24)31)22(32)27-23(26-21)33-3)4-5-18(15)30-8-6-17(7-9-30)29-12-10-28(2)11-13-29/h4-5,14,17H,6-13H2,1-3H3,(H2,24,31)(H2,25,26,27,32). The number of likely N-dealkylation sites (N-methyl/N-ethyl adjacent to an activating group) is 1. The van der Waals surface area contributed by atoms with Gasteiger partial charge >= 0.3 is 0 Å². The number of aromatic amines is 1. The summed E-state index contributed by atoms with van der Waals surface area (Å²) in [7, 11) is 2.20. The normalized spacial score (nSPS) is 18.5. The zero-order valence-corrected chi connectivity index (χ0v) is 20.4. The van der Waals surface area contributed by atoms with E-state index in [1.165, 1.54) is 43.4 Å². The lowest BCUT2D eigenvalue weighted by molar-refractivity contribution is 0.0982. The minimum atomic E-state index is -0.810. The number of hydrogen-bond donors (Lipinski definition) is 3. The molecule has 2 saturated heterocycles. The van der Waals surface area contributed by atoms with Crippen molar-refractivity contribution in [2.45, 2.75) is 31.0 Å². The van der Waals surface area contributed by atoms with Gasteiger partial charge in [-0.3, -0.25) is 14.5 Å². The Labute approximate surface area is 198 Å². The maximum absolute atomic E-state index is 12.3. The van der Waals surface area contributed by atoms with Gasteiger partial charge in [0.25, 0.3) is 11.5 Å². The topological polar surface area (TPSA) is 111 Å². The smallest absolute Gasteiger partial charge is 0.266 e. The molecule has 10 heteroatoms. The molecule has 1 amide bonds. The van der Waals surface area contributed by atoms with Gasteiger partial charge in [-0.25, -0.2) is 4.98 Å². The second-order valence-electron chi connectivity index (χ2n) is 8.85. The van der Waals surface area contributed by atoms with Crippen molar-refractivity contribution in [3.8, 4) is 0 Å². The number of aromatic nitrogens is 2. The Morgan fingerprint density at radius 2 is 1.88 bits per heavy atom. The van der Waals surface area contributed by atoms with E-state index in [-0.39, 0.29) is 11.4 Å². The van der Waals surface area contributed by atoms with Crippen LogP contribution in [0.15, 0.2) is 28.2 Å². The zero-order chi connectivity index (χ0) is 23.5. The molecule has 9 nitrogen and oxygen atoms in total. The van der Waals surface area contributed by atoms with Crippen molar-refractivity contribution in [2.75, 3.05) is 62.8 Å². The van der Waals surface area contributed by atoms with Gasteiger partial charge in [-0.05, 0) is 56.8 Å². The Kier molecular flexibility index (Phi) is 7.26. The van der Waals surface area contributed by atoms with E-state index >= 15 is 0 Å². The summed E-state index contributed by atoms with van der Waals surface area (Å²) in [6, 6.07) is 6.76. The lowest BCUT2D eigenvalue weighted by atomic mass is 10.0. The maximum Gasteiger partial charge on any atom is 0.266 e. The molecule has 1 aromatic heterocycles. The van der Waals surface area contributed by atoms with E-state index in [9.17, 15) is 9.59 Å². The van der Waals surface area contributed by atoms with E-state index in [1.54, 1.807) is 6.26 Å². The highest BCUT2D eigenvalue weighted by Crippen LogP contribution is 2.29. The Morgan fingerprint density at radius 1 is 1.18 bits per heavy atom.